The summed E-state index contributed by atoms with van der Waals surface area (Å²) in [7, 11) is 0. The van der Waals surface area contributed by atoms with Gasteiger partial charge < -0.3 is 5.73 Å². The highest BCUT2D eigenvalue weighted by molar-refractivity contribution is 6.33. The van der Waals surface area contributed by atoms with E-state index >= 15 is 0 Å². The summed E-state index contributed by atoms with van der Waals surface area (Å²) in [5.74, 6) is 0.488. The third kappa shape index (κ3) is 2.83. The summed E-state index contributed by atoms with van der Waals surface area (Å²) < 4.78 is 0. The van der Waals surface area contributed by atoms with Gasteiger partial charge in [-0.25, -0.2) is 10.0 Å². The number of rotatable bonds is 2. The Morgan fingerprint density at radius 1 is 1.19 bits per heavy atom. The third-order valence-electron chi connectivity index (χ3n) is 3.05. The molecule has 0 atom stereocenters. The molecule has 106 valence electrons. The van der Waals surface area contributed by atoms with Crippen LogP contribution < -0.4 is 16.2 Å². The molecule has 6 heteroatoms. The van der Waals surface area contributed by atoms with Crippen LogP contribution in [0.15, 0.2) is 53.5 Å². The van der Waals surface area contributed by atoms with Crippen LogP contribution in [0.2, 0.25) is 5.02 Å². The standard InChI is InChI=1S/C15H13ClN4O/c16-12-8-10(17)6-7-13(12)18-14-9-15(21)20(19-14)11-4-2-1-3-5-11/h1-8H,9,17H2,(H,18,19). The summed E-state index contributed by atoms with van der Waals surface area (Å²) in [6.45, 7) is 0. The number of nitrogen functional groups attached to an aromatic ring is 1. The van der Waals surface area contributed by atoms with Crippen LogP contribution in [0.25, 0.3) is 0 Å². The van der Waals surface area contributed by atoms with Gasteiger partial charge in [0.25, 0.3) is 5.91 Å². The van der Waals surface area contributed by atoms with Crippen molar-refractivity contribution >= 4 is 40.4 Å². The lowest BCUT2D eigenvalue weighted by molar-refractivity contribution is -0.116. The van der Waals surface area contributed by atoms with E-state index in [1.54, 1.807) is 18.2 Å². The zero-order valence-corrected chi connectivity index (χ0v) is 11.8. The molecule has 5 nitrogen and oxygen atoms in total. The van der Waals surface area contributed by atoms with Gasteiger partial charge >= 0.3 is 0 Å². The number of hydrogen-bond donors (Lipinski definition) is 2. The van der Waals surface area contributed by atoms with Gasteiger partial charge in [0.2, 0.25) is 0 Å². The first-order valence-corrected chi connectivity index (χ1v) is 6.78. The van der Waals surface area contributed by atoms with E-state index < -0.39 is 0 Å². The van der Waals surface area contributed by atoms with E-state index in [9.17, 15) is 4.79 Å². The summed E-state index contributed by atoms with van der Waals surface area (Å²) in [6, 6.07) is 14.4. The SMILES string of the molecule is Nc1ccc(N=C2CC(=O)N(c3ccccc3)N2)c(Cl)c1. The molecule has 2 aromatic carbocycles. The highest BCUT2D eigenvalue weighted by atomic mass is 35.5. The van der Waals surface area contributed by atoms with Gasteiger partial charge in [0.1, 0.15) is 5.84 Å². The Morgan fingerprint density at radius 2 is 1.95 bits per heavy atom. The number of carbonyl (C=O) groups excluding carboxylic acids is 1. The van der Waals surface area contributed by atoms with Crippen molar-refractivity contribution in [3.8, 4) is 0 Å². The van der Waals surface area contributed by atoms with E-state index in [1.165, 1.54) is 5.01 Å². The predicted molar refractivity (Wildman–Crippen MR) is 84.6 cm³/mol. The average Bonchev–Trinajstić information content (AvgIpc) is 2.84. The number of amidine groups is 1. The molecule has 0 bridgehead atoms. The number of anilines is 2. The Bertz CT molecular complexity index is 715. The van der Waals surface area contributed by atoms with E-state index in [-0.39, 0.29) is 12.3 Å². The van der Waals surface area contributed by atoms with Crippen molar-refractivity contribution in [1.29, 1.82) is 0 Å². The van der Waals surface area contributed by atoms with E-state index in [2.05, 4.69) is 10.4 Å². The molecule has 1 amide bonds. The van der Waals surface area contributed by atoms with Gasteiger partial charge in [0.15, 0.2) is 0 Å². The van der Waals surface area contributed by atoms with Crippen LogP contribution >= 0.6 is 11.6 Å². The maximum absolute atomic E-state index is 12.0. The summed E-state index contributed by atoms with van der Waals surface area (Å²) in [4.78, 5) is 16.4. The Kier molecular flexibility index (Phi) is 3.50. The van der Waals surface area contributed by atoms with Crippen molar-refractivity contribution in [2.24, 2.45) is 4.99 Å². The number of hydrogen-bond acceptors (Lipinski definition) is 3. The second-order valence-electron chi connectivity index (χ2n) is 4.62. The normalized spacial score (nSPS) is 16.3. The Hall–Kier alpha value is -2.53. The van der Waals surface area contributed by atoms with Crippen LogP contribution in [0.5, 0.6) is 0 Å². The lowest BCUT2D eigenvalue weighted by Gasteiger charge is -2.15. The summed E-state index contributed by atoms with van der Waals surface area (Å²) in [5, 5.41) is 1.93. The van der Waals surface area contributed by atoms with Gasteiger partial charge in [-0.05, 0) is 30.3 Å². The first-order chi connectivity index (χ1) is 10.1. The maximum atomic E-state index is 12.0. The fourth-order valence-corrected chi connectivity index (χ4v) is 2.29. The van der Waals surface area contributed by atoms with Crippen LogP contribution in [-0.2, 0) is 4.79 Å². The van der Waals surface area contributed by atoms with Crippen LogP contribution in [0.3, 0.4) is 0 Å². The van der Waals surface area contributed by atoms with Gasteiger partial charge in [0.05, 0.1) is 22.8 Å². The molecule has 0 spiro atoms. The Balaban J connectivity index is 1.86. The van der Waals surface area contributed by atoms with Crippen LogP contribution in [0.4, 0.5) is 17.1 Å². The molecular formula is C15H13ClN4O. The fraction of sp³-hybridized carbons (Fsp3) is 0.0667. The maximum Gasteiger partial charge on any atom is 0.253 e. The molecule has 21 heavy (non-hydrogen) atoms. The number of halogens is 1. The smallest absolute Gasteiger partial charge is 0.253 e. The zero-order valence-electron chi connectivity index (χ0n) is 11.1. The summed E-state index contributed by atoms with van der Waals surface area (Å²) >= 11 is 6.08. The van der Waals surface area contributed by atoms with E-state index in [1.807, 2.05) is 30.3 Å². The number of amides is 1. The summed E-state index contributed by atoms with van der Waals surface area (Å²) in [5.41, 5.74) is 10.6. The highest BCUT2D eigenvalue weighted by Crippen LogP contribution is 2.28. The van der Waals surface area contributed by atoms with Gasteiger partial charge in [-0.2, -0.15) is 0 Å². The largest absolute Gasteiger partial charge is 0.399 e. The monoisotopic (exact) mass is 300 g/mol. The number of nitrogens with two attached hydrogens (primary N) is 1. The number of aliphatic imine (C=N–C) groups is 1. The lowest BCUT2D eigenvalue weighted by atomic mass is 10.3. The van der Waals surface area contributed by atoms with Crippen molar-refractivity contribution in [2.75, 3.05) is 10.7 Å². The van der Waals surface area contributed by atoms with Crippen molar-refractivity contribution in [3.05, 3.63) is 53.6 Å². The van der Waals surface area contributed by atoms with Crippen LogP contribution in [0.1, 0.15) is 6.42 Å². The third-order valence-corrected chi connectivity index (χ3v) is 3.35. The first-order valence-electron chi connectivity index (χ1n) is 6.41. The van der Waals surface area contributed by atoms with Crippen molar-refractivity contribution in [3.63, 3.8) is 0 Å². The zero-order chi connectivity index (χ0) is 14.8. The molecule has 0 radical (unpaired) electrons. The van der Waals surface area contributed by atoms with Gasteiger partial charge in [-0.15, -0.1) is 0 Å². The molecule has 0 unspecified atom stereocenters. The number of nitrogens with zero attached hydrogens (tertiary/aromatic N) is 2. The minimum atomic E-state index is -0.0634. The number of carbonyl (C=O) groups is 1. The van der Waals surface area contributed by atoms with Gasteiger partial charge in [0, 0.05) is 5.69 Å². The molecule has 0 saturated carbocycles. The summed E-state index contributed by atoms with van der Waals surface area (Å²) in [6.07, 6.45) is 0.204. The minimum Gasteiger partial charge on any atom is -0.399 e. The van der Waals surface area contributed by atoms with E-state index in [0.29, 0.717) is 22.2 Å². The Morgan fingerprint density at radius 3 is 2.67 bits per heavy atom. The number of para-hydroxylation sites is 1. The molecule has 1 fully saturated rings. The number of nitrogens with one attached hydrogen (secondary N) is 1. The van der Waals surface area contributed by atoms with Gasteiger partial charge in [-0.1, -0.05) is 29.8 Å². The van der Waals surface area contributed by atoms with Crippen molar-refractivity contribution in [2.45, 2.75) is 6.42 Å². The minimum absolute atomic E-state index is 0.0634. The Labute approximate surface area is 127 Å². The van der Waals surface area contributed by atoms with Crippen LogP contribution in [0, 0.1) is 0 Å². The highest BCUT2D eigenvalue weighted by Gasteiger charge is 2.26. The molecule has 1 heterocycles. The average molecular weight is 301 g/mol. The van der Waals surface area contributed by atoms with Crippen molar-refractivity contribution in [1.82, 2.24) is 5.43 Å². The second-order valence-corrected chi connectivity index (χ2v) is 5.03. The number of hydrazine groups is 1. The van der Waals surface area contributed by atoms with Crippen molar-refractivity contribution < 1.29 is 4.79 Å². The topological polar surface area (TPSA) is 70.7 Å². The molecule has 0 aromatic heterocycles. The molecule has 1 aliphatic heterocycles. The lowest BCUT2D eigenvalue weighted by Crippen LogP contribution is -2.35. The van der Waals surface area contributed by atoms with Gasteiger partial charge in [-0.3, -0.25) is 10.2 Å². The first kappa shape index (κ1) is 13.5. The predicted octanol–water partition coefficient (Wildman–Crippen LogP) is 2.89. The molecule has 3 N–H and O–H groups in total. The van der Waals surface area contributed by atoms with Crippen LogP contribution in [-0.4, -0.2) is 11.7 Å². The molecule has 0 aliphatic carbocycles. The van der Waals surface area contributed by atoms with E-state index in [0.717, 1.165) is 5.69 Å². The quantitative estimate of drug-likeness (QED) is 0.838. The molecule has 2 aromatic rings. The molecule has 1 aliphatic rings. The number of benzene rings is 2. The molecular weight excluding hydrogens is 288 g/mol. The molecule has 1 saturated heterocycles. The molecule has 3 rings (SSSR count). The fourth-order valence-electron chi connectivity index (χ4n) is 2.06. The second kappa shape index (κ2) is 5.46. The van der Waals surface area contributed by atoms with E-state index in [4.69, 9.17) is 17.3 Å².